The molecular formula is C14H19N4O4+. The van der Waals surface area contributed by atoms with Gasteiger partial charge in [0.25, 0.3) is 11.6 Å². The van der Waals surface area contributed by atoms with Gasteiger partial charge in [-0.2, -0.15) is 0 Å². The number of non-ortho nitro benzene ring substituents is 1. The molecule has 1 unspecified atom stereocenters. The largest absolute Gasteiger partial charge is 0.338 e. The molecule has 2 rings (SSSR count). The lowest BCUT2D eigenvalue weighted by Crippen LogP contribution is -3.06. The molecule has 0 bridgehead atoms. The number of benzene rings is 1. The van der Waals surface area contributed by atoms with Crippen LogP contribution in [0.3, 0.4) is 0 Å². The zero-order valence-corrected chi connectivity index (χ0v) is 12.8. The molecule has 0 spiro atoms. The molecule has 3 amide bonds. The molecule has 1 aliphatic rings. The maximum atomic E-state index is 12.6. The minimum Gasteiger partial charge on any atom is -0.338 e. The van der Waals surface area contributed by atoms with Crippen LogP contribution in [-0.4, -0.2) is 48.9 Å². The molecule has 1 aromatic rings. The molecule has 0 radical (unpaired) electrons. The molecule has 118 valence electrons. The Labute approximate surface area is 127 Å². The SMILES string of the molecule is C[NH+](C)CCN1C(=O)NC(C)(c2ccc([N+](=O)[O-])cc2)C1=O. The van der Waals surface area contributed by atoms with Crippen LogP contribution in [0, 0.1) is 10.1 Å². The van der Waals surface area contributed by atoms with Crippen LogP contribution in [-0.2, 0) is 10.3 Å². The number of nitrogens with one attached hydrogen (secondary N) is 2. The quantitative estimate of drug-likeness (QED) is 0.436. The molecule has 1 aromatic carbocycles. The average Bonchev–Trinajstić information content (AvgIpc) is 2.68. The van der Waals surface area contributed by atoms with E-state index in [0.717, 1.165) is 4.90 Å². The second-order valence-electron chi connectivity index (χ2n) is 5.77. The fourth-order valence-corrected chi connectivity index (χ4v) is 2.35. The van der Waals surface area contributed by atoms with Crippen molar-refractivity contribution in [2.45, 2.75) is 12.5 Å². The van der Waals surface area contributed by atoms with Gasteiger partial charge in [-0.1, -0.05) is 0 Å². The van der Waals surface area contributed by atoms with Crippen molar-refractivity contribution < 1.29 is 19.4 Å². The first-order chi connectivity index (χ1) is 10.3. The number of hydrogen-bond acceptors (Lipinski definition) is 4. The number of imide groups is 1. The van der Waals surface area contributed by atoms with E-state index in [1.54, 1.807) is 6.92 Å². The lowest BCUT2D eigenvalue weighted by atomic mass is 9.92. The van der Waals surface area contributed by atoms with Crippen LogP contribution >= 0.6 is 0 Å². The first-order valence-electron chi connectivity index (χ1n) is 6.94. The van der Waals surface area contributed by atoms with Gasteiger partial charge in [0.15, 0.2) is 0 Å². The van der Waals surface area contributed by atoms with Gasteiger partial charge >= 0.3 is 6.03 Å². The Balaban J connectivity index is 2.24. The van der Waals surface area contributed by atoms with Crippen LogP contribution in [0.1, 0.15) is 12.5 Å². The smallest absolute Gasteiger partial charge is 0.325 e. The average molecular weight is 307 g/mol. The number of carbonyl (C=O) groups excluding carboxylic acids is 2. The van der Waals surface area contributed by atoms with E-state index in [-0.39, 0.29) is 11.6 Å². The number of nitro benzene ring substituents is 1. The summed E-state index contributed by atoms with van der Waals surface area (Å²) in [6, 6.07) is 5.21. The predicted octanol–water partition coefficient (Wildman–Crippen LogP) is -0.494. The van der Waals surface area contributed by atoms with Crippen molar-refractivity contribution in [3.05, 3.63) is 39.9 Å². The highest BCUT2D eigenvalue weighted by Crippen LogP contribution is 2.29. The highest BCUT2D eigenvalue weighted by molar-refractivity contribution is 6.07. The summed E-state index contributed by atoms with van der Waals surface area (Å²) in [5, 5.41) is 13.4. The topological polar surface area (TPSA) is 97.0 Å². The zero-order valence-electron chi connectivity index (χ0n) is 12.8. The van der Waals surface area contributed by atoms with E-state index >= 15 is 0 Å². The van der Waals surface area contributed by atoms with Gasteiger partial charge in [-0.15, -0.1) is 0 Å². The molecular weight excluding hydrogens is 288 g/mol. The van der Waals surface area contributed by atoms with E-state index in [2.05, 4.69) is 5.32 Å². The molecule has 2 N–H and O–H groups in total. The highest BCUT2D eigenvalue weighted by atomic mass is 16.6. The van der Waals surface area contributed by atoms with Crippen molar-refractivity contribution in [2.75, 3.05) is 27.2 Å². The molecule has 0 aromatic heterocycles. The number of rotatable bonds is 5. The number of hydrogen-bond donors (Lipinski definition) is 2. The second kappa shape index (κ2) is 5.72. The first kappa shape index (κ1) is 15.9. The molecule has 1 heterocycles. The summed E-state index contributed by atoms with van der Waals surface area (Å²) in [4.78, 5) is 37.1. The standard InChI is InChI=1S/C14H18N4O4/c1-14(10-4-6-11(7-5-10)18(21)22)12(19)17(13(20)15-14)9-8-16(2)3/h4-7H,8-9H2,1-3H3,(H,15,20)/p+1. The summed E-state index contributed by atoms with van der Waals surface area (Å²) in [5.41, 5.74) is -0.721. The third kappa shape index (κ3) is 2.77. The predicted molar refractivity (Wildman–Crippen MR) is 78.4 cm³/mol. The lowest BCUT2D eigenvalue weighted by Gasteiger charge is -2.22. The third-order valence-electron chi connectivity index (χ3n) is 3.77. The summed E-state index contributed by atoms with van der Waals surface area (Å²) in [6.45, 7) is 2.59. The lowest BCUT2D eigenvalue weighted by molar-refractivity contribution is -0.857. The van der Waals surface area contributed by atoms with E-state index in [0.29, 0.717) is 18.7 Å². The maximum Gasteiger partial charge on any atom is 0.325 e. The molecule has 0 saturated carbocycles. The molecule has 22 heavy (non-hydrogen) atoms. The Morgan fingerprint density at radius 1 is 1.27 bits per heavy atom. The van der Waals surface area contributed by atoms with E-state index in [1.807, 2.05) is 14.1 Å². The molecule has 0 aliphatic carbocycles. The second-order valence-corrected chi connectivity index (χ2v) is 5.77. The number of nitrogens with zero attached hydrogens (tertiary/aromatic N) is 2. The van der Waals surface area contributed by atoms with Gasteiger partial charge in [0, 0.05) is 12.1 Å². The summed E-state index contributed by atoms with van der Waals surface area (Å²) in [7, 11) is 3.88. The van der Waals surface area contributed by atoms with Gasteiger partial charge < -0.3 is 10.2 Å². The Morgan fingerprint density at radius 3 is 2.36 bits per heavy atom. The van der Waals surface area contributed by atoms with Crippen LogP contribution in [0.5, 0.6) is 0 Å². The number of amides is 3. The molecule has 1 saturated heterocycles. The van der Waals surface area contributed by atoms with E-state index in [1.165, 1.54) is 29.2 Å². The van der Waals surface area contributed by atoms with Crippen molar-refractivity contribution in [1.29, 1.82) is 0 Å². The zero-order chi connectivity index (χ0) is 16.5. The van der Waals surface area contributed by atoms with Crippen molar-refractivity contribution in [3.63, 3.8) is 0 Å². The number of urea groups is 1. The molecule has 8 heteroatoms. The van der Waals surface area contributed by atoms with Crippen LogP contribution in [0.25, 0.3) is 0 Å². The normalized spacial score (nSPS) is 21.4. The number of quaternary nitrogens is 1. The van der Waals surface area contributed by atoms with E-state index < -0.39 is 16.5 Å². The molecule has 8 nitrogen and oxygen atoms in total. The Morgan fingerprint density at radius 2 is 1.86 bits per heavy atom. The fourth-order valence-electron chi connectivity index (χ4n) is 2.35. The molecule has 1 atom stereocenters. The Bertz CT molecular complexity index is 614. The number of carbonyl (C=O) groups is 2. The maximum absolute atomic E-state index is 12.6. The van der Waals surface area contributed by atoms with Crippen molar-refractivity contribution in [1.82, 2.24) is 10.2 Å². The van der Waals surface area contributed by atoms with Crippen LogP contribution in [0.2, 0.25) is 0 Å². The van der Waals surface area contributed by atoms with Crippen molar-refractivity contribution in [2.24, 2.45) is 0 Å². The van der Waals surface area contributed by atoms with Crippen LogP contribution in [0.4, 0.5) is 10.5 Å². The Hall–Kier alpha value is -2.48. The van der Waals surface area contributed by atoms with Crippen molar-refractivity contribution >= 4 is 17.6 Å². The Kier molecular flexibility index (Phi) is 4.14. The van der Waals surface area contributed by atoms with Gasteiger partial charge in [0.05, 0.1) is 32.1 Å². The van der Waals surface area contributed by atoms with Gasteiger partial charge in [-0.3, -0.25) is 19.8 Å². The molecule has 1 fully saturated rings. The highest BCUT2D eigenvalue weighted by Gasteiger charge is 2.49. The minimum absolute atomic E-state index is 0.0582. The fraction of sp³-hybridized carbons (Fsp3) is 0.429. The summed E-state index contributed by atoms with van der Waals surface area (Å²) < 4.78 is 0. The van der Waals surface area contributed by atoms with Crippen LogP contribution < -0.4 is 10.2 Å². The van der Waals surface area contributed by atoms with Gasteiger partial charge in [0.1, 0.15) is 5.54 Å². The third-order valence-corrected chi connectivity index (χ3v) is 3.77. The van der Waals surface area contributed by atoms with Gasteiger partial charge in [-0.25, -0.2) is 4.79 Å². The van der Waals surface area contributed by atoms with Crippen molar-refractivity contribution in [3.8, 4) is 0 Å². The number of likely N-dealkylation sites (N-methyl/N-ethyl adjacent to an activating group) is 1. The molecule has 1 aliphatic heterocycles. The van der Waals surface area contributed by atoms with E-state index in [4.69, 9.17) is 0 Å². The number of nitro groups is 1. The monoisotopic (exact) mass is 307 g/mol. The van der Waals surface area contributed by atoms with Crippen LogP contribution in [0.15, 0.2) is 24.3 Å². The van der Waals surface area contributed by atoms with E-state index in [9.17, 15) is 19.7 Å². The summed E-state index contributed by atoms with van der Waals surface area (Å²) in [6.07, 6.45) is 0. The van der Waals surface area contributed by atoms with Gasteiger partial charge in [0.2, 0.25) is 0 Å². The summed E-state index contributed by atoms with van der Waals surface area (Å²) >= 11 is 0. The summed E-state index contributed by atoms with van der Waals surface area (Å²) in [5.74, 6) is -0.340. The van der Waals surface area contributed by atoms with Gasteiger partial charge in [-0.05, 0) is 24.6 Å². The first-order valence-corrected chi connectivity index (χ1v) is 6.94. The minimum atomic E-state index is -1.19.